The zero-order chi connectivity index (χ0) is 13.0. The summed E-state index contributed by atoms with van der Waals surface area (Å²) in [6.45, 7) is 4.33. The summed E-state index contributed by atoms with van der Waals surface area (Å²) in [5, 5.41) is 9.90. The summed E-state index contributed by atoms with van der Waals surface area (Å²) in [6.07, 6.45) is 1.95. The van der Waals surface area contributed by atoms with Gasteiger partial charge in [-0.15, -0.1) is 0 Å². The summed E-state index contributed by atoms with van der Waals surface area (Å²) in [6, 6.07) is 3.36. The molecule has 3 nitrogen and oxygen atoms in total. The normalized spacial score (nSPS) is 12.8. The van der Waals surface area contributed by atoms with Crippen LogP contribution in [0.5, 0.6) is 11.5 Å². The van der Waals surface area contributed by atoms with Crippen LogP contribution in [0.2, 0.25) is 5.02 Å². The van der Waals surface area contributed by atoms with Crippen molar-refractivity contribution in [1.29, 1.82) is 0 Å². The van der Waals surface area contributed by atoms with Crippen LogP contribution in [-0.4, -0.2) is 12.2 Å². The number of halogens is 1. The minimum absolute atomic E-state index is 0.0334. The lowest BCUT2D eigenvalue weighted by Crippen LogP contribution is -2.11. The number of hydrogen-bond acceptors (Lipinski definition) is 3. The van der Waals surface area contributed by atoms with E-state index >= 15 is 0 Å². The van der Waals surface area contributed by atoms with Gasteiger partial charge in [0.25, 0.3) is 0 Å². The van der Waals surface area contributed by atoms with E-state index in [0.717, 1.165) is 18.4 Å². The molecule has 17 heavy (non-hydrogen) atoms. The fourth-order valence-corrected chi connectivity index (χ4v) is 1.86. The molecule has 0 aliphatic heterocycles. The maximum absolute atomic E-state index is 9.62. The molecule has 1 atom stereocenters. The van der Waals surface area contributed by atoms with E-state index in [1.54, 1.807) is 12.1 Å². The second kappa shape index (κ2) is 6.12. The molecule has 0 radical (unpaired) electrons. The van der Waals surface area contributed by atoms with Crippen LogP contribution in [0.3, 0.4) is 0 Å². The average Bonchev–Trinajstić information content (AvgIpc) is 2.29. The van der Waals surface area contributed by atoms with E-state index in [-0.39, 0.29) is 16.8 Å². The SMILES string of the molecule is COc1cc([C@H](N)CCC(C)C)cc(Cl)c1O. The van der Waals surface area contributed by atoms with Crippen molar-refractivity contribution in [2.24, 2.45) is 11.7 Å². The average molecular weight is 258 g/mol. The smallest absolute Gasteiger partial charge is 0.176 e. The van der Waals surface area contributed by atoms with Gasteiger partial charge in [-0.25, -0.2) is 0 Å². The lowest BCUT2D eigenvalue weighted by molar-refractivity contribution is 0.372. The highest BCUT2D eigenvalue weighted by molar-refractivity contribution is 6.32. The van der Waals surface area contributed by atoms with Crippen LogP contribution < -0.4 is 10.5 Å². The predicted octanol–water partition coefficient (Wildman–Crippen LogP) is 3.49. The summed E-state index contributed by atoms with van der Waals surface area (Å²) in [5.74, 6) is 0.956. The molecule has 0 saturated heterocycles. The molecule has 0 aromatic heterocycles. The number of ether oxygens (including phenoxy) is 1. The summed E-state index contributed by atoms with van der Waals surface area (Å²) in [5.41, 5.74) is 6.98. The molecule has 4 heteroatoms. The second-order valence-corrected chi connectivity index (χ2v) is 5.04. The topological polar surface area (TPSA) is 55.5 Å². The van der Waals surface area contributed by atoms with Crippen LogP contribution in [0.4, 0.5) is 0 Å². The predicted molar refractivity (Wildman–Crippen MR) is 70.7 cm³/mol. The van der Waals surface area contributed by atoms with E-state index in [1.807, 2.05) is 0 Å². The fourth-order valence-electron chi connectivity index (χ4n) is 1.64. The molecule has 0 amide bonds. The molecule has 0 aliphatic carbocycles. The third kappa shape index (κ3) is 3.79. The van der Waals surface area contributed by atoms with Gasteiger partial charge in [-0.2, -0.15) is 0 Å². The van der Waals surface area contributed by atoms with Gasteiger partial charge in [0.15, 0.2) is 11.5 Å². The molecule has 1 rings (SSSR count). The Kier molecular flexibility index (Phi) is 5.09. The number of methoxy groups -OCH3 is 1. The van der Waals surface area contributed by atoms with Gasteiger partial charge in [-0.05, 0) is 36.5 Å². The first-order valence-electron chi connectivity index (χ1n) is 5.77. The lowest BCUT2D eigenvalue weighted by Gasteiger charge is -2.15. The number of rotatable bonds is 5. The molecule has 0 unspecified atom stereocenters. The highest BCUT2D eigenvalue weighted by Crippen LogP contribution is 2.37. The molecule has 0 aliphatic rings. The van der Waals surface area contributed by atoms with Gasteiger partial charge in [0.1, 0.15) is 0 Å². The van der Waals surface area contributed by atoms with Crippen molar-refractivity contribution in [1.82, 2.24) is 0 Å². The Morgan fingerprint density at radius 2 is 2.00 bits per heavy atom. The third-order valence-electron chi connectivity index (χ3n) is 2.75. The number of phenolic OH excluding ortho intramolecular Hbond substituents is 1. The van der Waals surface area contributed by atoms with Gasteiger partial charge < -0.3 is 15.6 Å². The number of nitrogens with two attached hydrogens (primary N) is 1. The lowest BCUT2D eigenvalue weighted by atomic mass is 9.98. The van der Waals surface area contributed by atoms with E-state index in [2.05, 4.69) is 13.8 Å². The van der Waals surface area contributed by atoms with Crippen LogP contribution in [0.1, 0.15) is 38.3 Å². The molecule has 0 spiro atoms. The fraction of sp³-hybridized carbons (Fsp3) is 0.538. The van der Waals surface area contributed by atoms with Crippen molar-refractivity contribution in [2.45, 2.75) is 32.7 Å². The monoisotopic (exact) mass is 257 g/mol. The maximum Gasteiger partial charge on any atom is 0.176 e. The van der Waals surface area contributed by atoms with Crippen molar-refractivity contribution in [3.63, 3.8) is 0 Å². The third-order valence-corrected chi connectivity index (χ3v) is 3.04. The summed E-state index contributed by atoms with van der Waals surface area (Å²) in [7, 11) is 1.49. The molecule has 96 valence electrons. The van der Waals surface area contributed by atoms with Crippen molar-refractivity contribution >= 4 is 11.6 Å². The van der Waals surface area contributed by atoms with Gasteiger partial charge in [-0.3, -0.25) is 0 Å². The number of benzene rings is 1. The Labute approximate surface area is 108 Å². The standard InChI is InChI=1S/C13H20ClNO2/c1-8(2)4-5-11(15)9-6-10(14)13(16)12(7-9)17-3/h6-8,11,16H,4-5,15H2,1-3H3/t11-/m1/s1. The van der Waals surface area contributed by atoms with Crippen LogP contribution in [0.25, 0.3) is 0 Å². The molecular formula is C13H20ClNO2. The van der Waals surface area contributed by atoms with Crippen molar-refractivity contribution in [2.75, 3.05) is 7.11 Å². The minimum Gasteiger partial charge on any atom is -0.503 e. The summed E-state index contributed by atoms with van der Waals surface area (Å²) in [4.78, 5) is 0. The Morgan fingerprint density at radius 3 is 2.53 bits per heavy atom. The number of hydrogen-bond donors (Lipinski definition) is 2. The van der Waals surface area contributed by atoms with Crippen LogP contribution >= 0.6 is 11.6 Å². The van der Waals surface area contributed by atoms with Crippen LogP contribution in [0, 0.1) is 5.92 Å². The van der Waals surface area contributed by atoms with Crippen molar-refractivity contribution in [3.8, 4) is 11.5 Å². The van der Waals surface area contributed by atoms with Gasteiger partial charge in [0, 0.05) is 6.04 Å². The molecular weight excluding hydrogens is 238 g/mol. The zero-order valence-electron chi connectivity index (χ0n) is 10.5. The first-order valence-corrected chi connectivity index (χ1v) is 6.15. The molecule has 0 fully saturated rings. The highest BCUT2D eigenvalue weighted by Gasteiger charge is 2.13. The molecule has 0 saturated carbocycles. The van der Waals surface area contributed by atoms with E-state index in [0.29, 0.717) is 11.7 Å². The molecule has 3 N–H and O–H groups in total. The first-order chi connectivity index (χ1) is 7.95. The van der Waals surface area contributed by atoms with Crippen molar-refractivity contribution < 1.29 is 9.84 Å². The minimum atomic E-state index is -0.0793. The maximum atomic E-state index is 9.62. The van der Waals surface area contributed by atoms with Crippen LogP contribution in [0.15, 0.2) is 12.1 Å². The van der Waals surface area contributed by atoms with Gasteiger partial charge >= 0.3 is 0 Å². The number of phenols is 1. The molecule has 1 aromatic carbocycles. The molecule has 1 aromatic rings. The summed E-state index contributed by atoms with van der Waals surface area (Å²) >= 11 is 5.92. The van der Waals surface area contributed by atoms with Gasteiger partial charge in [-0.1, -0.05) is 25.4 Å². The van der Waals surface area contributed by atoms with E-state index in [4.69, 9.17) is 22.1 Å². The van der Waals surface area contributed by atoms with Gasteiger partial charge in [0.05, 0.1) is 12.1 Å². The second-order valence-electron chi connectivity index (χ2n) is 4.63. The first kappa shape index (κ1) is 14.1. The zero-order valence-corrected chi connectivity index (χ0v) is 11.3. The van der Waals surface area contributed by atoms with Crippen LogP contribution in [-0.2, 0) is 0 Å². The van der Waals surface area contributed by atoms with E-state index in [1.165, 1.54) is 7.11 Å². The Bertz CT molecular complexity index is 380. The summed E-state index contributed by atoms with van der Waals surface area (Å²) < 4.78 is 5.05. The van der Waals surface area contributed by atoms with Gasteiger partial charge in [0.2, 0.25) is 0 Å². The Balaban J connectivity index is 2.87. The van der Waals surface area contributed by atoms with E-state index in [9.17, 15) is 5.11 Å². The van der Waals surface area contributed by atoms with Crippen molar-refractivity contribution in [3.05, 3.63) is 22.7 Å². The highest BCUT2D eigenvalue weighted by atomic mass is 35.5. The Hall–Kier alpha value is -0.930. The van der Waals surface area contributed by atoms with E-state index < -0.39 is 0 Å². The molecule has 0 heterocycles. The Morgan fingerprint density at radius 1 is 1.35 bits per heavy atom. The molecule has 0 bridgehead atoms. The number of aromatic hydroxyl groups is 1. The largest absolute Gasteiger partial charge is 0.503 e. The quantitative estimate of drug-likeness (QED) is 0.849.